The number of halogens is 1. The lowest BCUT2D eigenvalue weighted by atomic mass is 10.1. The van der Waals surface area contributed by atoms with Crippen molar-refractivity contribution in [2.45, 2.75) is 45.6 Å². The van der Waals surface area contributed by atoms with E-state index in [2.05, 4.69) is 44.8 Å². The topological polar surface area (TPSA) is 110 Å². The molecule has 2 heterocycles. The molecule has 1 saturated carbocycles. The number of hydrogen-bond donors (Lipinski definition) is 2. The smallest absolute Gasteiger partial charge is 0.258 e. The van der Waals surface area contributed by atoms with Gasteiger partial charge in [0.1, 0.15) is 17.9 Å². The number of fused-ring (bicyclic) bond motifs is 1. The number of carbonyl (C=O) groups is 1. The second-order valence-electron chi connectivity index (χ2n) is 8.52. The van der Waals surface area contributed by atoms with E-state index in [1.165, 1.54) is 6.33 Å². The molecule has 1 aromatic carbocycles. The minimum absolute atomic E-state index is 0.00808. The van der Waals surface area contributed by atoms with E-state index < -0.39 is 0 Å². The number of nitrogens with two attached hydrogens (primary N) is 1. The molecule has 1 fully saturated rings. The molecule has 1 amide bonds. The SMILES string of the molecule is CC/C(CN(C)C(=O)c1c(C)oc2ncnc(NC3(C)CC3)c12)=N\c1ccc(I)cc1N. The molecule has 0 aliphatic heterocycles. The summed E-state index contributed by atoms with van der Waals surface area (Å²) in [5.41, 5.74) is 9.22. The Labute approximate surface area is 200 Å². The lowest BCUT2D eigenvalue weighted by Gasteiger charge is -2.19. The summed E-state index contributed by atoms with van der Waals surface area (Å²) in [7, 11) is 1.77. The van der Waals surface area contributed by atoms with Gasteiger partial charge in [-0.15, -0.1) is 0 Å². The Balaban J connectivity index is 1.63. The molecule has 4 rings (SSSR count). The van der Waals surface area contributed by atoms with Crippen molar-refractivity contribution in [3.8, 4) is 0 Å². The fourth-order valence-corrected chi connectivity index (χ4v) is 4.07. The molecule has 0 spiro atoms. The number of furan rings is 1. The number of carbonyl (C=O) groups excluding carboxylic acids is 1. The highest BCUT2D eigenvalue weighted by atomic mass is 127. The van der Waals surface area contributed by atoms with Crippen LogP contribution in [0.3, 0.4) is 0 Å². The summed E-state index contributed by atoms with van der Waals surface area (Å²) >= 11 is 2.22. The maximum Gasteiger partial charge on any atom is 0.258 e. The zero-order valence-corrected chi connectivity index (χ0v) is 20.9. The molecule has 0 unspecified atom stereocenters. The number of aliphatic imine (C=N–C) groups is 1. The number of benzene rings is 1. The monoisotopic (exact) mass is 546 g/mol. The van der Waals surface area contributed by atoms with Crippen LogP contribution in [0.5, 0.6) is 0 Å². The van der Waals surface area contributed by atoms with Crippen molar-refractivity contribution in [3.63, 3.8) is 0 Å². The van der Waals surface area contributed by atoms with Crippen LogP contribution in [0.1, 0.15) is 49.2 Å². The number of nitrogens with zero attached hydrogens (tertiary/aromatic N) is 4. The molecule has 0 bridgehead atoms. The number of aromatic nitrogens is 2. The summed E-state index contributed by atoms with van der Waals surface area (Å²) in [5, 5.41) is 4.09. The summed E-state index contributed by atoms with van der Waals surface area (Å²) in [6.07, 6.45) is 4.29. The predicted octanol–water partition coefficient (Wildman–Crippen LogP) is 4.94. The standard InChI is InChI=1S/C23H27IN6O2/c1-5-15(28-17-7-6-14(24)10-16(17)25)11-30(4)22(31)18-13(2)32-21-19(18)20(26-12-27-21)29-23(3)8-9-23/h6-7,10,12H,5,8-9,11,25H2,1-4H3,(H,26,27,29)/b28-15+. The first-order valence-corrected chi connectivity index (χ1v) is 11.7. The molecule has 168 valence electrons. The van der Waals surface area contributed by atoms with E-state index in [-0.39, 0.29) is 11.4 Å². The zero-order chi connectivity index (χ0) is 23.0. The molecule has 3 N–H and O–H groups in total. The van der Waals surface area contributed by atoms with Crippen molar-refractivity contribution in [1.82, 2.24) is 14.9 Å². The maximum atomic E-state index is 13.5. The van der Waals surface area contributed by atoms with Crippen LogP contribution < -0.4 is 11.1 Å². The molecular formula is C23H27IN6O2. The molecule has 0 radical (unpaired) electrons. The van der Waals surface area contributed by atoms with Gasteiger partial charge in [0.05, 0.1) is 28.9 Å². The maximum absolute atomic E-state index is 13.5. The van der Waals surface area contributed by atoms with Crippen LogP contribution in [0.4, 0.5) is 17.2 Å². The van der Waals surface area contributed by atoms with E-state index in [4.69, 9.17) is 15.1 Å². The van der Waals surface area contributed by atoms with Gasteiger partial charge in [-0.25, -0.2) is 9.97 Å². The highest BCUT2D eigenvalue weighted by molar-refractivity contribution is 14.1. The minimum atomic E-state index is -0.156. The number of aryl methyl sites for hydroxylation is 1. The number of nitrogen functional groups attached to an aromatic ring is 1. The number of nitrogens with one attached hydrogen (secondary N) is 1. The second kappa shape index (κ2) is 8.68. The number of amides is 1. The van der Waals surface area contributed by atoms with Gasteiger partial charge < -0.3 is 20.4 Å². The summed E-state index contributed by atoms with van der Waals surface area (Å²) in [5.74, 6) is 1.01. The third-order valence-electron chi connectivity index (χ3n) is 5.74. The average molecular weight is 546 g/mol. The first-order chi connectivity index (χ1) is 15.2. The molecule has 32 heavy (non-hydrogen) atoms. The Morgan fingerprint density at radius 3 is 2.78 bits per heavy atom. The van der Waals surface area contributed by atoms with Crippen molar-refractivity contribution in [2.75, 3.05) is 24.6 Å². The van der Waals surface area contributed by atoms with E-state index in [0.29, 0.717) is 52.6 Å². The van der Waals surface area contributed by atoms with Gasteiger partial charge in [-0.3, -0.25) is 9.79 Å². The van der Waals surface area contributed by atoms with Crippen LogP contribution in [0, 0.1) is 10.5 Å². The number of anilines is 2. The number of hydrogen-bond acceptors (Lipinski definition) is 7. The molecule has 0 atom stereocenters. The minimum Gasteiger partial charge on any atom is -0.442 e. The van der Waals surface area contributed by atoms with Crippen molar-refractivity contribution < 1.29 is 9.21 Å². The van der Waals surface area contributed by atoms with E-state index in [0.717, 1.165) is 22.1 Å². The van der Waals surface area contributed by atoms with E-state index in [1.807, 2.05) is 25.1 Å². The Morgan fingerprint density at radius 2 is 2.12 bits per heavy atom. The van der Waals surface area contributed by atoms with E-state index in [1.54, 1.807) is 18.9 Å². The lowest BCUT2D eigenvalue weighted by molar-refractivity contribution is 0.0814. The first kappa shape index (κ1) is 22.5. The Hall–Kier alpha value is -2.69. The van der Waals surface area contributed by atoms with Gasteiger partial charge >= 0.3 is 0 Å². The molecule has 1 aliphatic rings. The van der Waals surface area contributed by atoms with Crippen molar-refractivity contribution in [1.29, 1.82) is 0 Å². The highest BCUT2D eigenvalue weighted by Crippen LogP contribution is 2.40. The first-order valence-electron chi connectivity index (χ1n) is 10.6. The highest BCUT2D eigenvalue weighted by Gasteiger charge is 2.38. The van der Waals surface area contributed by atoms with Gasteiger partial charge in [0, 0.05) is 21.9 Å². The largest absolute Gasteiger partial charge is 0.442 e. The van der Waals surface area contributed by atoms with Gasteiger partial charge in [0.15, 0.2) is 0 Å². The second-order valence-corrected chi connectivity index (χ2v) is 9.76. The van der Waals surface area contributed by atoms with Crippen molar-refractivity contribution in [3.05, 3.63) is 39.4 Å². The molecule has 3 aromatic rings. The number of rotatable bonds is 7. The summed E-state index contributed by atoms with van der Waals surface area (Å²) in [6.45, 7) is 6.32. The lowest BCUT2D eigenvalue weighted by Crippen LogP contribution is -2.32. The van der Waals surface area contributed by atoms with Crippen LogP contribution in [0.25, 0.3) is 11.1 Å². The Bertz CT molecular complexity index is 1210. The molecule has 0 saturated heterocycles. The van der Waals surface area contributed by atoms with Gasteiger partial charge in [-0.05, 0) is 73.9 Å². The van der Waals surface area contributed by atoms with Crippen LogP contribution in [-0.4, -0.2) is 45.6 Å². The molecule has 9 heteroatoms. The Kier molecular flexibility index (Phi) is 6.11. The molecule has 8 nitrogen and oxygen atoms in total. The normalized spacial score (nSPS) is 15.1. The average Bonchev–Trinajstić information content (AvgIpc) is 3.36. The predicted molar refractivity (Wildman–Crippen MR) is 136 cm³/mol. The van der Waals surface area contributed by atoms with Gasteiger partial charge in [0.2, 0.25) is 5.71 Å². The van der Waals surface area contributed by atoms with Crippen molar-refractivity contribution in [2.24, 2.45) is 4.99 Å². The fourth-order valence-electron chi connectivity index (χ4n) is 3.56. The van der Waals surface area contributed by atoms with Crippen LogP contribution in [0.15, 0.2) is 33.9 Å². The van der Waals surface area contributed by atoms with Gasteiger partial charge in [-0.2, -0.15) is 0 Å². The summed E-state index contributed by atoms with van der Waals surface area (Å²) < 4.78 is 6.87. The molecule has 2 aromatic heterocycles. The van der Waals surface area contributed by atoms with Crippen LogP contribution >= 0.6 is 22.6 Å². The quantitative estimate of drug-likeness (QED) is 0.247. The Morgan fingerprint density at radius 1 is 1.38 bits per heavy atom. The van der Waals surface area contributed by atoms with Crippen molar-refractivity contribution >= 4 is 62.5 Å². The third kappa shape index (κ3) is 4.57. The summed E-state index contributed by atoms with van der Waals surface area (Å²) in [6, 6.07) is 5.75. The zero-order valence-electron chi connectivity index (χ0n) is 18.7. The van der Waals surface area contributed by atoms with E-state index in [9.17, 15) is 4.79 Å². The third-order valence-corrected chi connectivity index (χ3v) is 6.41. The molecule has 1 aliphatic carbocycles. The summed E-state index contributed by atoms with van der Waals surface area (Å²) in [4.78, 5) is 28.5. The van der Waals surface area contributed by atoms with Gasteiger partial charge in [-0.1, -0.05) is 6.92 Å². The molecular weight excluding hydrogens is 519 g/mol. The van der Waals surface area contributed by atoms with Crippen LogP contribution in [0.2, 0.25) is 0 Å². The van der Waals surface area contributed by atoms with Crippen LogP contribution in [-0.2, 0) is 0 Å². The van der Waals surface area contributed by atoms with E-state index >= 15 is 0 Å². The van der Waals surface area contributed by atoms with Gasteiger partial charge in [0.25, 0.3) is 5.91 Å². The fraction of sp³-hybridized carbons (Fsp3) is 0.391.